The number of fused-ring (bicyclic) bond motifs is 1. The highest BCUT2D eigenvalue weighted by molar-refractivity contribution is 5.85. The molecule has 0 aliphatic heterocycles. The molecule has 22 heavy (non-hydrogen) atoms. The van der Waals surface area contributed by atoms with E-state index in [0.29, 0.717) is 17.1 Å². The van der Waals surface area contributed by atoms with Crippen LogP contribution in [0.2, 0.25) is 0 Å². The molecule has 3 rings (SSSR count). The van der Waals surface area contributed by atoms with Crippen LogP contribution in [0.15, 0.2) is 30.3 Å². The molecule has 3 nitrogen and oxygen atoms in total. The summed E-state index contributed by atoms with van der Waals surface area (Å²) >= 11 is 0. The second-order valence-electron chi connectivity index (χ2n) is 5.61. The van der Waals surface area contributed by atoms with Gasteiger partial charge in [-0.2, -0.15) is 0 Å². The van der Waals surface area contributed by atoms with Crippen LogP contribution in [0.3, 0.4) is 0 Å². The number of hydrogen-bond donors (Lipinski definition) is 0. The number of benzene rings is 2. The SMILES string of the molecule is COc1cc(-c2ccc3c(c2)CCCC3)cc(C=O)c1OC. The Kier molecular flexibility index (Phi) is 4.14. The minimum atomic E-state index is 0.485. The lowest BCUT2D eigenvalue weighted by atomic mass is 9.89. The lowest BCUT2D eigenvalue weighted by Gasteiger charge is -2.17. The topological polar surface area (TPSA) is 35.5 Å². The first kappa shape index (κ1) is 14.6. The number of methoxy groups -OCH3 is 2. The molecular formula is C19H20O3. The predicted molar refractivity (Wildman–Crippen MR) is 87.0 cm³/mol. The molecule has 3 heteroatoms. The van der Waals surface area contributed by atoms with Crippen molar-refractivity contribution < 1.29 is 14.3 Å². The third kappa shape index (κ3) is 2.59. The summed E-state index contributed by atoms with van der Waals surface area (Å²) in [6, 6.07) is 10.4. The van der Waals surface area contributed by atoms with E-state index in [4.69, 9.17) is 9.47 Å². The van der Waals surface area contributed by atoms with Crippen LogP contribution in [-0.2, 0) is 12.8 Å². The van der Waals surface area contributed by atoms with Crippen molar-refractivity contribution in [2.75, 3.05) is 14.2 Å². The predicted octanol–water partition coefficient (Wildman–Crippen LogP) is 4.06. The molecule has 0 saturated carbocycles. The van der Waals surface area contributed by atoms with E-state index in [1.807, 2.05) is 12.1 Å². The third-order valence-corrected chi connectivity index (χ3v) is 4.32. The lowest BCUT2D eigenvalue weighted by Crippen LogP contribution is -2.02. The third-order valence-electron chi connectivity index (χ3n) is 4.32. The van der Waals surface area contributed by atoms with Gasteiger partial charge in [0.05, 0.1) is 19.8 Å². The van der Waals surface area contributed by atoms with Crippen molar-refractivity contribution in [2.24, 2.45) is 0 Å². The number of rotatable bonds is 4. The average Bonchev–Trinajstić information content (AvgIpc) is 2.59. The van der Waals surface area contributed by atoms with Crippen molar-refractivity contribution >= 4 is 6.29 Å². The van der Waals surface area contributed by atoms with E-state index in [1.54, 1.807) is 14.2 Å². The summed E-state index contributed by atoms with van der Waals surface area (Å²) < 4.78 is 10.7. The molecule has 0 saturated heterocycles. The molecule has 1 aliphatic carbocycles. The summed E-state index contributed by atoms with van der Waals surface area (Å²) in [6.07, 6.45) is 5.64. The standard InChI is InChI=1S/C19H20O3/c1-21-18-11-16(10-17(12-20)19(18)22-2)15-8-7-13-5-3-4-6-14(13)9-15/h7-12H,3-6H2,1-2H3. The summed E-state index contributed by atoms with van der Waals surface area (Å²) in [4.78, 5) is 11.3. The van der Waals surface area contributed by atoms with Gasteiger partial charge >= 0.3 is 0 Å². The van der Waals surface area contributed by atoms with Crippen LogP contribution in [0.1, 0.15) is 34.3 Å². The molecule has 1 aliphatic rings. The van der Waals surface area contributed by atoms with Gasteiger partial charge in [0, 0.05) is 0 Å². The molecular weight excluding hydrogens is 276 g/mol. The zero-order chi connectivity index (χ0) is 15.5. The lowest BCUT2D eigenvalue weighted by molar-refractivity contribution is 0.112. The van der Waals surface area contributed by atoms with Crippen LogP contribution < -0.4 is 9.47 Å². The van der Waals surface area contributed by atoms with Gasteiger partial charge < -0.3 is 9.47 Å². The monoisotopic (exact) mass is 296 g/mol. The van der Waals surface area contributed by atoms with E-state index in [2.05, 4.69) is 18.2 Å². The fraction of sp³-hybridized carbons (Fsp3) is 0.316. The fourth-order valence-electron chi connectivity index (χ4n) is 3.16. The van der Waals surface area contributed by atoms with Crippen molar-refractivity contribution in [3.05, 3.63) is 47.0 Å². The first-order valence-electron chi connectivity index (χ1n) is 7.60. The maximum Gasteiger partial charge on any atom is 0.171 e. The normalized spacial score (nSPS) is 13.4. The van der Waals surface area contributed by atoms with Crippen LogP contribution in [0.5, 0.6) is 11.5 Å². The summed E-state index contributed by atoms with van der Waals surface area (Å²) in [6.45, 7) is 0. The van der Waals surface area contributed by atoms with Crippen molar-refractivity contribution in [3.8, 4) is 22.6 Å². The maximum atomic E-state index is 11.3. The van der Waals surface area contributed by atoms with Crippen LogP contribution >= 0.6 is 0 Å². The maximum absolute atomic E-state index is 11.3. The highest BCUT2D eigenvalue weighted by Gasteiger charge is 2.15. The van der Waals surface area contributed by atoms with Gasteiger partial charge in [-0.1, -0.05) is 18.2 Å². The first-order chi connectivity index (χ1) is 10.8. The number of carbonyl (C=O) groups excluding carboxylic acids is 1. The Bertz CT molecular complexity index is 704. The second-order valence-corrected chi connectivity index (χ2v) is 5.61. The molecule has 114 valence electrons. The molecule has 0 heterocycles. The van der Waals surface area contributed by atoms with Crippen LogP contribution in [0, 0.1) is 0 Å². The van der Waals surface area contributed by atoms with Gasteiger partial charge in [0.1, 0.15) is 0 Å². The Morgan fingerprint density at radius 3 is 2.36 bits per heavy atom. The molecule has 0 bridgehead atoms. The van der Waals surface area contributed by atoms with Crippen molar-refractivity contribution in [1.82, 2.24) is 0 Å². The number of aryl methyl sites for hydroxylation is 2. The van der Waals surface area contributed by atoms with Gasteiger partial charge in [-0.05, 0) is 60.1 Å². The molecule has 0 fully saturated rings. The van der Waals surface area contributed by atoms with Crippen LogP contribution in [0.25, 0.3) is 11.1 Å². The molecule has 0 atom stereocenters. The van der Waals surface area contributed by atoms with Crippen molar-refractivity contribution in [3.63, 3.8) is 0 Å². The number of hydrogen-bond acceptors (Lipinski definition) is 3. The minimum absolute atomic E-state index is 0.485. The Labute approximate surface area is 130 Å². The number of aldehydes is 1. The van der Waals surface area contributed by atoms with E-state index in [-0.39, 0.29) is 0 Å². The molecule has 2 aromatic carbocycles. The zero-order valence-electron chi connectivity index (χ0n) is 13.0. The van der Waals surface area contributed by atoms with Crippen molar-refractivity contribution in [2.45, 2.75) is 25.7 Å². The van der Waals surface area contributed by atoms with Gasteiger partial charge in [0.25, 0.3) is 0 Å². The summed E-state index contributed by atoms with van der Waals surface area (Å²) in [5, 5.41) is 0. The Hall–Kier alpha value is -2.29. The van der Waals surface area contributed by atoms with Crippen molar-refractivity contribution in [1.29, 1.82) is 0 Å². The van der Waals surface area contributed by atoms with Gasteiger partial charge in [-0.3, -0.25) is 4.79 Å². The second kappa shape index (κ2) is 6.22. The number of carbonyl (C=O) groups is 1. The van der Waals surface area contributed by atoms with E-state index < -0.39 is 0 Å². The van der Waals surface area contributed by atoms with Gasteiger partial charge in [-0.25, -0.2) is 0 Å². The van der Waals surface area contributed by atoms with E-state index in [9.17, 15) is 4.79 Å². The summed E-state index contributed by atoms with van der Waals surface area (Å²) in [5.74, 6) is 1.07. The van der Waals surface area contributed by atoms with E-state index in [0.717, 1.165) is 23.8 Å². The molecule has 0 radical (unpaired) electrons. The number of ether oxygens (including phenoxy) is 2. The van der Waals surface area contributed by atoms with E-state index >= 15 is 0 Å². The minimum Gasteiger partial charge on any atom is -0.493 e. The fourth-order valence-corrected chi connectivity index (χ4v) is 3.16. The van der Waals surface area contributed by atoms with Gasteiger partial charge in [0.2, 0.25) is 0 Å². The quantitative estimate of drug-likeness (QED) is 0.798. The largest absolute Gasteiger partial charge is 0.493 e. The highest BCUT2D eigenvalue weighted by Crippen LogP contribution is 2.36. The van der Waals surface area contributed by atoms with Crippen LogP contribution in [0.4, 0.5) is 0 Å². The van der Waals surface area contributed by atoms with E-state index in [1.165, 1.54) is 30.4 Å². The van der Waals surface area contributed by atoms with Gasteiger partial charge in [-0.15, -0.1) is 0 Å². The summed E-state index contributed by atoms with van der Waals surface area (Å²) in [5.41, 5.74) is 5.48. The smallest absolute Gasteiger partial charge is 0.171 e. The van der Waals surface area contributed by atoms with Crippen LogP contribution in [-0.4, -0.2) is 20.5 Å². The molecule has 0 N–H and O–H groups in total. The average molecular weight is 296 g/mol. The molecule has 2 aromatic rings. The molecule has 0 spiro atoms. The molecule has 0 unspecified atom stereocenters. The first-order valence-corrected chi connectivity index (χ1v) is 7.60. The zero-order valence-corrected chi connectivity index (χ0v) is 13.0. The Morgan fingerprint density at radius 2 is 1.68 bits per heavy atom. The Balaban J connectivity index is 2.09. The Morgan fingerprint density at radius 1 is 0.909 bits per heavy atom. The summed E-state index contributed by atoms with van der Waals surface area (Å²) in [7, 11) is 3.13. The van der Waals surface area contributed by atoms with Gasteiger partial charge in [0.15, 0.2) is 17.8 Å². The molecule has 0 aromatic heterocycles. The highest BCUT2D eigenvalue weighted by atomic mass is 16.5. The molecule has 0 amide bonds.